The van der Waals surface area contributed by atoms with Crippen molar-refractivity contribution in [3.8, 4) is 0 Å². The third kappa shape index (κ3) is 10.9. The summed E-state index contributed by atoms with van der Waals surface area (Å²) in [4.78, 5) is 13.4. The molecule has 0 aromatic heterocycles. The van der Waals surface area contributed by atoms with Crippen LogP contribution in [0.25, 0.3) is 0 Å². The third-order valence-corrected chi connectivity index (χ3v) is 7.99. The molecule has 7 heteroatoms. The molecule has 0 N–H and O–H groups in total. The molecule has 3 aromatic rings. The molecule has 0 radical (unpaired) electrons. The average molecular weight is 631 g/mol. The standard InChI is InChI=1S/C39H50O7/c1-7-39(5,6)23-24-42-36-35(46-37(40)38(2,3)4)34(44-27-31-21-15-10-16-22-31)33(43-26-30-19-13-9-14-20-30)32(45-36)28-41-25-29-17-11-8-12-18-29/h7-22,32-36H,1,23-28H2,2-6H3/t32-,33-,34+,35-,36-/m1/s1. The predicted octanol–water partition coefficient (Wildman–Crippen LogP) is 7.68. The Kier molecular flexibility index (Phi) is 13.1. The Labute approximate surface area is 274 Å². The number of hydrogen-bond acceptors (Lipinski definition) is 7. The first-order chi connectivity index (χ1) is 22.1. The minimum Gasteiger partial charge on any atom is -0.454 e. The second-order valence-electron chi connectivity index (χ2n) is 13.5. The Morgan fingerprint density at radius 2 is 1.22 bits per heavy atom. The Morgan fingerprint density at radius 1 is 0.717 bits per heavy atom. The highest BCUT2D eigenvalue weighted by atomic mass is 16.7. The summed E-state index contributed by atoms with van der Waals surface area (Å²) < 4.78 is 38.7. The first kappa shape index (κ1) is 35.5. The summed E-state index contributed by atoms with van der Waals surface area (Å²) in [6, 6.07) is 29.8. The molecule has 1 heterocycles. The molecule has 248 valence electrons. The van der Waals surface area contributed by atoms with E-state index in [1.165, 1.54) is 0 Å². The van der Waals surface area contributed by atoms with Gasteiger partial charge in [0.05, 0.1) is 38.4 Å². The van der Waals surface area contributed by atoms with Gasteiger partial charge in [0.25, 0.3) is 0 Å². The summed E-state index contributed by atoms with van der Waals surface area (Å²) in [6.07, 6.45) is -1.12. The van der Waals surface area contributed by atoms with Crippen LogP contribution in [-0.4, -0.2) is 49.9 Å². The van der Waals surface area contributed by atoms with E-state index in [9.17, 15) is 4.79 Å². The maximum Gasteiger partial charge on any atom is 0.311 e. The maximum atomic E-state index is 13.4. The molecule has 5 atom stereocenters. The van der Waals surface area contributed by atoms with Crippen LogP contribution < -0.4 is 0 Å². The van der Waals surface area contributed by atoms with Crippen molar-refractivity contribution in [1.29, 1.82) is 0 Å². The molecule has 46 heavy (non-hydrogen) atoms. The van der Waals surface area contributed by atoms with E-state index < -0.39 is 36.1 Å². The average Bonchev–Trinajstić information content (AvgIpc) is 3.05. The van der Waals surface area contributed by atoms with E-state index in [0.29, 0.717) is 26.2 Å². The molecule has 0 spiro atoms. The van der Waals surface area contributed by atoms with Gasteiger partial charge in [0.2, 0.25) is 0 Å². The van der Waals surface area contributed by atoms with Gasteiger partial charge in [-0.3, -0.25) is 4.79 Å². The van der Waals surface area contributed by atoms with E-state index in [-0.39, 0.29) is 24.6 Å². The monoisotopic (exact) mass is 630 g/mol. The van der Waals surface area contributed by atoms with E-state index >= 15 is 0 Å². The SMILES string of the molecule is C=CC(C)(C)CCO[C@@H]1O[C@H](COCc2ccccc2)[C@@H](OCc2ccccc2)[C@H](OCc2ccccc2)[C@H]1OC(=O)C(C)(C)C. The van der Waals surface area contributed by atoms with Crippen molar-refractivity contribution in [3.63, 3.8) is 0 Å². The molecule has 4 rings (SSSR count). The fourth-order valence-corrected chi connectivity index (χ4v) is 4.90. The first-order valence-corrected chi connectivity index (χ1v) is 16.1. The molecule has 3 aromatic carbocycles. The zero-order valence-corrected chi connectivity index (χ0v) is 27.9. The normalized spacial score (nSPS) is 21.9. The lowest BCUT2D eigenvalue weighted by Gasteiger charge is -2.46. The minimum atomic E-state index is -0.908. The van der Waals surface area contributed by atoms with Crippen LogP contribution in [0.5, 0.6) is 0 Å². The van der Waals surface area contributed by atoms with Gasteiger partial charge in [0, 0.05) is 0 Å². The summed E-state index contributed by atoms with van der Waals surface area (Å²) in [5.74, 6) is -0.380. The van der Waals surface area contributed by atoms with Crippen LogP contribution in [-0.2, 0) is 53.0 Å². The zero-order chi connectivity index (χ0) is 33.0. The number of rotatable bonds is 16. The van der Waals surface area contributed by atoms with E-state index in [2.05, 4.69) is 20.4 Å². The van der Waals surface area contributed by atoms with Gasteiger partial charge in [-0.2, -0.15) is 0 Å². The number of benzene rings is 3. The lowest BCUT2D eigenvalue weighted by atomic mass is 9.90. The molecule has 0 bridgehead atoms. The van der Waals surface area contributed by atoms with Gasteiger partial charge in [0.1, 0.15) is 18.3 Å². The second kappa shape index (κ2) is 17.0. The quantitative estimate of drug-likeness (QED) is 0.119. The van der Waals surface area contributed by atoms with Crippen molar-refractivity contribution >= 4 is 5.97 Å². The molecule has 7 nitrogen and oxygen atoms in total. The lowest BCUT2D eigenvalue weighted by Crippen LogP contribution is -2.62. The Morgan fingerprint density at radius 3 is 1.72 bits per heavy atom. The van der Waals surface area contributed by atoms with Crippen LogP contribution in [0.3, 0.4) is 0 Å². The lowest BCUT2D eigenvalue weighted by molar-refractivity contribution is -0.322. The molecule has 1 aliphatic heterocycles. The zero-order valence-electron chi connectivity index (χ0n) is 27.9. The smallest absolute Gasteiger partial charge is 0.311 e. The van der Waals surface area contributed by atoms with Crippen molar-refractivity contribution in [2.24, 2.45) is 10.8 Å². The number of carbonyl (C=O) groups is 1. The fraction of sp³-hybridized carbons (Fsp3) is 0.462. The Bertz CT molecular complexity index is 1320. The molecule has 1 fully saturated rings. The van der Waals surface area contributed by atoms with E-state index in [4.69, 9.17) is 28.4 Å². The third-order valence-electron chi connectivity index (χ3n) is 7.99. The van der Waals surface area contributed by atoms with Crippen LogP contribution in [0, 0.1) is 10.8 Å². The van der Waals surface area contributed by atoms with Crippen LogP contribution in [0.4, 0.5) is 0 Å². The highest BCUT2D eigenvalue weighted by Gasteiger charge is 2.51. The van der Waals surface area contributed by atoms with Gasteiger partial charge in [0.15, 0.2) is 12.4 Å². The van der Waals surface area contributed by atoms with Crippen molar-refractivity contribution in [1.82, 2.24) is 0 Å². The largest absolute Gasteiger partial charge is 0.454 e. The number of carbonyl (C=O) groups excluding carboxylic acids is 1. The molecule has 0 amide bonds. The highest BCUT2D eigenvalue weighted by Crippen LogP contribution is 2.33. The Balaban J connectivity index is 1.66. The van der Waals surface area contributed by atoms with Crippen molar-refractivity contribution in [2.75, 3.05) is 13.2 Å². The van der Waals surface area contributed by atoms with Crippen LogP contribution in [0.1, 0.15) is 57.7 Å². The number of allylic oxidation sites excluding steroid dienone is 1. The summed E-state index contributed by atoms with van der Waals surface area (Å²) in [5, 5.41) is 0. The van der Waals surface area contributed by atoms with Gasteiger partial charge in [-0.1, -0.05) is 111 Å². The first-order valence-electron chi connectivity index (χ1n) is 16.1. The van der Waals surface area contributed by atoms with Crippen molar-refractivity contribution < 1.29 is 33.2 Å². The van der Waals surface area contributed by atoms with Crippen LogP contribution in [0.15, 0.2) is 104 Å². The fourth-order valence-electron chi connectivity index (χ4n) is 4.90. The van der Waals surface area contributed by atoms with Crippen molar-refractivity contribution in [2.45, 2.75) is 91.6 Å². The number of esters is 1. The van der Waals surface area contributed by atoms with Gasteiger partial charge in [-0.05, 0) is 49.3 Å². The molecule has 0 saturated carbocycles. The highest BCUT2D eigenvalue weighted by molar-refractivity contribution is 5.75. The summed E-state index contributed by atoms with van der Waals surface area (Å²) in [5.41, 5.74) is 2.14. The maximum absolute atomic E-state index is 13.4. The Hall–Kier alpha value is -3.33. The van der Waals surface area contributed by atoms with Gasteiger partial charge < -0.3 is 28.4 Å². The molecular weight excluding hydrogens is 580 g/mol. The minimum absolute atomic E-state index is 0.144. The molecular formula is C39H50O7. The predicted molar refractivity (Wildman–Crippen MR) is 179 cm³/mol. The van der Waals surface area contributed by atoms with E-state index in [0.717, 1.165) is 16.7 Å². The van der Waals surface area contributed by atoms with E-state index in [1.54, 1.807) is 0 Å². The van der Waals surface area contributed by atoms with Crippen molar-refractivity contribution in [3.05, 3.63) is 120 Å². The molecule has 0 unspecified atom stereocenters. The second-order valence-corrected chi connectivity index (χ2v) is 13.5. The molecule has 1 saturated heterocycles. The topological polar surface area (TPSA) is 72.5 Å². The van der Waals surface area contributed by atoms with Gasteiger partial charge in [-0.15, -0.1) is 6.58 Å². The van der Waals surface area contributed by atoms with Crippen LogP contribution >= 0.6 is 0 Å². The molecule has 0 aliphatic carbocycles. The van der Waals surface area contributed by atoms with Gasteiger partial charge in [-0.25, -0.2) is 0 Å². The molecule has 1 aliphatic rings. The summed E-state index contributed by atoms with van der Waals surface area (Å²) >= 11 is 0. The van der Waals surface area contributed by atoms with Crippen LogP contribution in [0.2, 0.25) is 0 Å². The number of hydrogen-bond donors (Lipinski definition) is 0. The summed E-state index contributed by atoms with van der Waals surface area (Å²) in [7, 11) is 0. The summed E-state index contributed by atoms with van der Waals surface area (Å²) in [6.45, 7) is 15.2. The van der Waals surface area contributed by atoms with Gasteiger partial charge >= 0.3 is 5.97 Å². The van der Waals surface area contributed by atoms with E-state index in [1.807, 2.05) is 118 Å². The number of ether oxygens (including phenoxy) is 6.